The van der Waals surface area contributed by atoms with Gasteiger partial charge < -0.3 is 14.4 Å². The van der Waals surface area contributed by atoms with E-state index in [2.05, 4.69) is 22.9 Å². The first kappa shape index (κ1) is 23.5. The van der Waals surface area contributed by atoms with Gasteiger partial charge in [-0.05, 0) is 55.3 Å². The molecule has 0 N–H and O–H groups in total. The highest BCUT2D eigenvalue weighted by Gasteiger charge is 2.30. The molecule has 1 amide bonds. The molecule has 8 heteroatoms. The summed E-state index contributed by atoms with van der Waals surface area (Å²) in [6.45, 7) is 6.96. The maximum absolute atomic E-state index is 14.5. The molecule has 36 heavy (non-hydrogen) atoms. The molecule has 0 spiro atoms. The van der Waals surface area contributed by atoms with Crippen LogP contribution in [0.4, 0.5) is 4.39 Å². The molecular formula is C28H27FN4O3. The zero-order chi connectivity index (χ0) is 25.2. The molecule has 1 aliphatic heterocycles. The summed E-state index contributed by atoms with van der Waals surface area (Å²) in [6, 6.07) is 12.2. The van der Waals surface area contributed by atoms with Crippen molar-refractivity contribution in [2.75, 3.05) is 20.2 Å². The van der Waals surface area contributed by atoms with Crippen LogP contribution in [0, 0.1) is 5.82 Å². The first-order valence-electron chi connectivity index (χ1n) is 11.9. The number of benzene rings is 2. The fourth-order valence-corrected chi connectivity index (χ4v) is 4.71. The molecule has 1 atom stereocenters. The SMILES string of the molecule is C=CC(=O)N1CCC(c2nc(-c3ccc(Oc4cccc(OC)c4F)cc3)c3c(CC)nccn23)C1. The molecule has 0 bridgehead atoms. The van der Waals surface area contributed by atoms with E-state index in [1.165, 1.54) is 13.2 Å². The van der Waals surface area contributed by atoms with Crippen molar-refractivity contribution in [3.05, 3.63) is 84.8 Å². The van der Waals surface area contributed by atoms with E-state index in [1.807, 2.05) is 23.2 Å². The van der Waals surface area contributed by atoms with Crippen molar-refractivity contribution >= 4 is 11.4 Å². The predicted octanol–water partition coefficient (Wildman–Crippen LogP) is 5.40. The molecule has 1 fully saturated rings. The van der Waals surface area contributed by atoms with Crippen LogP contribution in [0.15, 0.2) is 67.5 Å². The Balaban J connectivity index is 1.50. The number of rotatable bonds is 7. The zero-order valence-electron chi connectivity index (χ0n) is 20.3. The normalized spacial score (nSPS) is 15.3. The van der Waals surface area contributed by atoms with E-state index in [0.717, 1.165) is 41.1 Å². The monoisotopic (exact) mass is 486 g/mol. The molecule has 1 saturated heterocycles. The van der Waals surface area contributed by atoms with Crippen molar-refractivity contribution in [1.29, 1.82) is 0 Å². The van der Waals surface area contributed by atoms with Crippen molar-refractivity contribution < 1.29 is 18.7 Å². The molecule has 5 rings (SSSR count). The maximum atomic E-state index is 14.5. The highest BCUT2D eigenvalue weighted by atomic mass is 19.1. The van der Waals surface area contributed by atoms with Crippen molar-refractivity contribution in [3.8, 4) is 28.5 Å². The quantitative estimate of drug-likeness (QED) is 0.327. The van der Waals surface area contributed by atoms with Crippen molar-refractivity contribution in [3.63, 3.8) is 0 Å². The molecule has 4 aromatic rings. The van der Waals surface area contributed by atoms with Crippen LogP contribution < -0.4 is 9.47 Å². The summed E-state index contributed by atoms with van der Waals surface area (Å²) in [4.78, 5) is 23.6. The molecule has 0 aliphatic carbocycles. The summed E-state index contributed by atoms with van der Waals surface area (Å²) < 4.78 is 27.4. The summed E-state index contributed by atoms with van der Waals surface area (Å²) in [5, 5.41) is 0. The molecule has 1 unspecified atom stereocenters. The Morgan fingerprint density at radius 2 is 2.00 bits per heavy atom. The number of methoxy groups -OCH3 is 1. The lowest BCUT2D eigenvalue weighted by Gasteiger charge is -2.13. The number of hydrogen-bond donors (Lipinski definition) is 0. The van der Waals surface area contributed by atoms with Crippen molar-refractivity contribution in [2.24, 2.45) is 0 Å². The van der Waals surface area contributed by atoms with Gasteiger partial charge in [0.05, 0.1) is 24.0 Å². The average molecular weight is 487 g/mol. The van der Waals surface area contributed by atoms with E-state index in [0.29, 0.717) is 18.8 Å². The lowest BCUT2D eigenvalue weighted by atomic mass is 10.1. The van der Waals surface area contributed by atoms with E-state index >= 15 is 0 Å². The van der Waals surface area contributed by atoms with E-state index in [4.69, 9.17) is 14.5 Å². The lowest BCUT2D eigenvalue weighted by molar-refractivity contribution is -0.125. The second-order valence-corrected chi connectivity index (χ2v) is 8.64. The molecule has 0 saturated carbocycles. The van der Waals surface area contributed by atoms with Gasteiger partial charge in [0.2, 0.25) is 11.7 Å². The standard InChI is InChI=1S/C28H27FN4O3/c1-4-21-27-26(18-9-11-20(12-10-18)36-23-8-6-7-22(35-3)25(23)29)31-28(33(27)16-14-30-21)19-13-15-32(17-19)24(34)5-2/h5-12,14,16,19H,2,4,13,15,17H2,1,3H3. The Labute approximate surface area is 208 Å². The Morgan fingerprint density at radius 1 is 1.22 bits per heavy atom. The van der Waals surface area contributed by atoms with E-state index in [-0.39, 0.29) is 23.3 Å². The van der Waals surface area contributed by atoms with E-state index in [9.17, 15) is 9.18 Å². The third kappa shape index (κ3) is 4.19. The number of aryl methyl sites for hydroxylation is 1. The highest BCUT2D eigenvalue weighted by molar-refractivity contribution is 5.87. The minimum atomic E-state index is -0.548. The van der Waals surface area contributed by atoms with Crippen LogP contribution in [0.2, 0.25) is 0 Å². The van der Waals surface area contributed by atoms with E-state index in [1.54, 1.807) is 36.5 Å². The second-order valence-electron chi connectivity index (χ2n) is 8.64. The summed E-state index contributed by atoms with van der Waals surface area (Å²) in [5.41, 5.74) is 3.62. The molecular weight excluding hydrogens is 459 g/mol. The zero-order valence-corrected chi connectivity index (χ0v) is 20.3. The number of ether oxygens (including phenoxy) is 2. The van der Waals surface area contributed by atoms with Crippen LogP contribution in [-0.4, -0.2) is 45.4 Å². The van der Waals surface area contributed by atoms with Crippen LogP contribution in [0.5, 0.6) is 17.2 Å². The van der Waals surface area contributed by atoms with Gasteiger partial charge in [0.25, 0.3) is 0 Å². The minimum absolute atomic E-state index is 0.0578. The summed E-state index contributed by atoms with van der Waals surface area (Å²) in [7, 11) is 1.42. The topological polar surface area (TPSA) is 69.0 Å². The molecule has 2 aromatic carbocycles. The number of nitrogens with zero attached hydrogens (tertiary/aromatic N) is 4. The second kappa shape index (κ2) is 9.81. The first-order chi connectivity index (χ1) is 17.5. The minimum Gasteiger partial charge on any atom is -0.494 e. The van der Waals surface area contributed by atoms with Crippen LogP contribution >= 0.6 is 0 Å². The third-order valence-corrected chi connectivity index (χ3v) is 6.54. The Bertz CT molecular complexity index is 1430. The van der Waals surface area contributed by atoms with E-state index < -0.39 is 5.82 Å². The number of aromatic nitrogens is 3. The molecule has 2 aromatic heterocycles. The first-order valence-corrected chi connectivity index (χ1v) is 11.9. The summed E-state index contributed by atoms with van der Waals surface area (Å²) in [6.07, 6.45) is 6.67. The molecule has 0 radical (unpaired) electrons. The predicted molar refractivity (Wildman–Crippen MR) is 135 cm³/mol. The number of fused-ring (bicyclic) bond motifs is 1. The van der Waals surface area contributed by atoms with Crippen LogP contribution in [0.1, 0.15) is 30.8 Å². The summed E-state index contributed by atoms with van der Waals surface area (Å²) in [5.74, 6) is 1.13. The maximum Gasteiger partial charge on any atom is 0.245 e. The van der Waals surface area contributed by atoms with Gasteiger partial charge in [-0.3, -0.25) is 14.2 Å². The molecule has 3 heterocycles. The van der Waals surface area contributed by atoms with Crippen LogP contribution in [0.3, 0.4) is 0 Å². The van der Waals surface area contributed by atoms with Gasteiger partial charge in [0, 0.05) is 37.0 Å². The number of imidazole rings is 1. The number of amides is 1. The number of carbonyl (C=O) groups excluding carboxylic acids is 1. The van der Waals surface area contributed by atoms with Gasteiger partial charge in [0.1, 0.15) is 11.6 Å². The van der Waals surface area contributed by atoms with Gasteiger partial charge in [0.15, 0.2) is 11.5 Å². The Hall–Kier alpha value is -4.20. The smallest absolute Gasteiger partial charge is 0.245 e. The van der Waals surface area contributed by atoms with Crippen molar-refractivity contribution in [1.82, 2.24) is 19.3 Å². The molecule has 1 aliphatic rings. The molecule has 184 valence electrons. The Kier molecular flexibility index (Phi) is 6.41. The van der Waals surface area contributed by atoms with Gasteiger partial charge in [-0.15, -0.1) is 0 Å². The van der Waals surface area contributed by atoms with Gasteiger partial charge in [-0.1, -0.05) is 19.6 Å². The number of hydrogen-bond acceptors (Lipinski definition) is 5. The largest absolute Gasteiger partial charge is 0.494 e. The number of carbonyl (C=O) groups is 1. The summed E-state index contributed by atoms with van der Waals surface area (Å²) >= 11 is 0. The highest BCUT2D eigenvalue weighted by Crippen LogP contribution is 2.35. The van der Waals surface area contributed by atoms with Gasteiger partial charge in [-0.25, -0.2) is 4.98 Å². The fraction of sp³-hybridized carbons (Fsp3) is 0.250. The van der Waals surface area contributed by atoms with Crippen molar-refractivity contribution in [2.45, 2.75) is 25.7 Å². The van der Waals surface area contributed by atoms with Gasteiger partial charge in [-0.2, -0.15) is 4.39 Å². The van der Waals surface area contributed by atoms with Crippen LogP contribution in [0.25, 0.3) is 16.8 Å². The number of halogens is 1. The van der Waals surface area contributed by atoms with Gasteiger partial charge >= 0.3 is 0 Å². The Morgan fingerprint density at radius 3 is 2.72 bits per heavy atom. The average Bonchev–Trinajstić information content (AvgIpc) is 3.55. The van der Waals surface area contributed by atoms with Crippen LogP contribution in [-0.2, 0) is 11.2 Å². The third-order valence-electron chi connectivity index (χ3n) is 6.54. The molecule has 7 nitrogen and oxygen atoms in total. The number of likely N-dealkylation sites (tertiary alicyclic amines) is 1. The lowest BCUT2D eigenvalue weighted by Crippen LogP contribution is -2.26. The fourth-order valence-electron chi connectivity index (χ4n) is 4.71.